The first-order valence-electron chi connectivity index (χ1n) is 7.40. The first kappa shape index (κ1) is 14.6. The lowest BCUT2D eigenvalue weighted by Gasteiger charge is -2.64. The van der Waals surface area contributed by atoms with Crippen LogP contribution in [0.5, 0.6) is 0 Å². The van der Waals surface area contributed by atoms with Crippen LogP contribution < -0.4 is 0 Å². The van der Waals surface area contributed by atoms with Gasteiger partial charge in [0.25, 0.3) is 0 Å². The summed E-state index contributed by atoms with van der Waals surface area (Å²) < 4.78 is 5.51. The molecule has 4 atom stereocenters. The normalized spacial score (nSPS) is 35.6. The standard InChI is InChI=1S/C15H27NO3/c1-6-12(17)15-8-10(2)7-11(9-15)16(15)13(18)19-14(3,4)5/h10-12,17H,6-9H2,1-5H3/t10-,11-,12-,15?/m1/s1. The molecule has 0 aromatic rings. The van der Waals surface area contributed by atoms with E-state index in [1.165, 1.54) is 0 Å². The summed E-state index contributed by atoms with van der Waals surface area (Å²) in [5, 5.41) is 10.4. The van der Waals surface area contributed by atoms with Gasteiger partial charge in [0.1, 0.15) is 5.60 Å². The molecular formula is C15H27NO3. The van der Waals surface area contributed by atoms with Crippen molar-refractivity contribution in [2.75, 3.05) is 0 Å². The predicted molar refractivity (Wildman–Crippen MR) is 73.9 cm³/mol. The zero-order valence-corrected chi connectivity index (χ0v) is 12.8. The molecule has 0 spiro atoms. The number of amides is 1. The van der Waals surface area contributed by atoms with E-state index in [-0.39, 0.29) is 17.7 Å². The molecule has 19 heavy (non-hydrogen) atoms. The predicted octanol–water partition coefficient (Wildman–Crippen LogP) is 2.94. The van der Waals surface area contributed by atoms with Gasteiger partial charge in [0, 0.05) is 6.04 Å². The molecule has 2 bridgehead atoms. The summed E-state index contributed by atoms with van der Waals surface area (Å²) in [4.78, 5) is 14.2. The summed E-state index contributed by atoms with van der Waals surface area (Å²) in [5.74, 6) is 0.568. The molecule has 1 saturated carbocycles. The number of carbonyl (C=O) groups is 1. The molecule has 0 aromatic carbocycles. The van der Waals surface area contributed by atoms with E-state index in [1.54, 1.807) is 0 Å². The van der Waals surface area contributed by atoms with Crippen molar-refractivity contribution < 1.29 is 14.6 Å². The third-order valence-electron chi connectivity index (χ3n) is 4.41. The molecule has 0 radical (unpaired) electrons. The zero-order valence-electron chi connectivity index (χ0n) is 12.8. The lowest BCUT2D eigenvalue weighted by Crippen LogP contribution is -2.76. The van der Waals surface area contributed by atoms with E-state index in [9.17, 15) is 9.90 Å². The summed E-state index contributed by atoms with van der Waals surface area (Å²) in [7, 11) is 0. The summed E-state index contributed by atoms with van der Waals surface area (Å²) in [6, 6.07) is 0.250. The molecule has 1 amide bonds. The van der Waals surface area contributed by atoms with Gasteiger partial charge in [-0.15, -0.1) is 0 Å². The maximum Gasteiger partial charge on any atom is 0.411 e. The van der Waals surface area contributed by atoms with Gasteiger partial charge < -0.3 is 9.84 Å². The van der Waals surface area contributed by atoms with E-state index in [4.69, 9.17) is 4.74 Å². The van der Waals surface area contributed by atoms with Crippen molar-refractivity contribution in [1.29, 1.82) is 0 Å². The van der Waals surface area contributed by atoms with Gasteiger partial charge >= 0.3 is 6.09 Å². The quantitative estimate of drug-likeness (QED) is 0.838. The Morgan fingerprint density at radius 1 is 1.47 bits per heavy atom. The number of aliphatic hydroxyl groups excluding tert-OH is 1. The molecule has 0 aromatic heterocycles. The van der Waals surface area contributed by atoms with E-state index in [1.807, 2.05) is 32.6 Å². The second kappa shape index (κ2) is 4.65. The fourth-order valence-corrected chi connectivity index (χ4v) is 3.83. The molecule has 1 N–H and O–H groups in total. The molecule has 2 heterocycles. The maximum atomic E-state index is 12.4. The number of carbonyl (C=O) groups excluding carboxylic acids is 1. The van der Waals surface area contributed by atoms with Crippen molar-refractivity contribution in [3.63, 3.8) is 0 Å². The Kier molecular flexibility index (Phi) is 3.58. The number of aliphatic hydroxyl groups is 1. The SMILES string of the molecule is CC[C@@H](O)C12C[C@H](C)C[C@H](C1)N2C(=O)OC(C)(C)C. The van der Waals surface area contributed by atoms with Crippen LogP contribution in [0.25, 0.3) is 0 Å². The first-order valence-corrected chi connectivity index (χ1v) is 7.40. The fraction of sp³-hybridized carbons (Fsp3) is 0.933. The van der Waals surface area contributed by atoms with E-state index in [0.29, 0.717) is 12.3 Å². The molecule has 1 aliphatic carbocycles. The van der Waals surface area contributed by atoms with Gasteiger partial charge in [0.15, 0.2) is 0 Å². The third kappa shape index (κ3) is 2.47. The van der Waals surface area contributed by atoms with Crippen LogP contribution in [0.1, 0.15) is 60.3 Å². The minimum Gasteiger partial charge on any atom is -0.444 e. The van der Waals surface area contributed by atoms with Gasteiger partial charge in [-0.2, -0.15) is 0 Å². The molecule has 110 valence electrons. The first-order chi connectivity index (χ1) is 8.69. The molecule has 3 fully saturated rings. The van der Waals surface area contributed by atoms with Crippen LogP contribution >= 0.6 is 0 Å². The lowest BCUT2D eigenvalue weighted by atomic mass is 9.61. The lowest BCUT2D eigenvalue weighted by molar-refractivity contribution is -0.172. The molecule has 2 aliphatic heterocycles. The Morgan fingerprint density at radius 3 is 2.63 bits per heavy atom. The van der Waals surface area contributed by atoms with Crippen LogP contribution in [0.15, 0.2) is 0 Å². The van der Waals surface area contributed by atoms with Crippen molar-refractivity contribution in [3.05, 3.63) is 0 Å². The van der Waals surface area contributed by atoms with Crippen LogP contribution in [0.3, 0.4) is 0 Å². The number of fused-ring (bicyclic) bond motifs is 2. The maximum absolute atomic E-state index is 12.4. The van der Waals surface area contributed by atoms with Gasteiger partial charge in [-0.3, -0.25) is 4.90 Å². The average molecular weight is 269 g/mol. The Balaban J connectivity index is 2.18. The second-order valence-corrected chi connectivity index (χ2v) is 7.28. The van der Waals surface area contributed by atoms with Crippen LogP contribution in [-0.2, 0) is 4.74 Å². The molecule has 4 heteroatoms. The number of ether oxygens (including phenoxy) is 1. The Bertz CT molecular complexity index is 363. The van der Waals surface area contributed by atoms with Gasteiger partial charge in [-0.05, 0) is 52.4 Å². The van der Waals surface area contributed by atoms with Crippen molar-refractivity contribution in [3.8, 4) is 0 Å². The highest BCUT2D eigenvalue weighted by Crippen LogP contribution is 2.52. The Labute approximate surface area is 116 Å². The minimum atomic E-state index is -0.481. The number of nitrogens with zero attached hydrogens (tertiary/aromatic N) is 1. The number of hydrogen-bond donors (Lipinski definition) is 1. The van der Waals surface area contributed by atoms with E-state index < -0.39 is 11.7 Å². The van der Waals surface area contributed by atoms with Crippen LogP contribution in [0, 0.1) is 5.92 Å². The topological polar surface area (TPSA) is 49.8 Å². The number of rotatable bonds is 2. The Morgan fingerprint density at radius 2 is 2.11 bits per heavy atom. The number of piperidine rings is 1. The van der Waals surface area contributed by atoms with Crippen LogP contribution in [0.2, 0.25) is 0 Å². The minimum absolute atomic E-state index is 0.250. The molecule has 2 saturated heterocycles. The van der Waals surface area contributed by atoms with Gasteiger partial charge in [0.2, 0.25) is 0 Å². The van der Waals surface area contributed by atoms with Crippen molar-refractivity contribution in [2.45, 2.75) is 83.6 Å². The highest BCUT2D eigenvalue weighted by molar-refractivity contribution is 5.71. The monoisotopic (exact) mass is 269 g/mol. The van der Waals surface area contributed by atoms with E-state index in [0.717, 1.165) is 19.3 Å². The average Bonchev–Trinajstić information content (AvgIpc) is 2.23. The second-order valence-electron chi connectivity index (χ2n) is 7.28. The van der Waals surface area contributed by atoms with Crippen molar-refractivity contribution >= 4 is 6.09 Å². The molecule has 3 aliphatic rings. The summed E-state index contributed by atoms with van der Waals surface area (Å²) in [5.41, 5.74) is -0.857. The molecular weight excluding hydrogens is 242 g/mol. The molecule has 1 unspecified atom stereocenters. The summed E-state index contributed by atoms with van der Waals surface area (Å²) >= 11 is 0. The van der Waals surface area contributed by atoms with Crippen LogP contribution in [-0.4, -0.2) is 39.4 Å². The fourth-order valence-electron chi connectivity index (χ4n) is 3.83. The highest BCUT2D eigenvalue weighted by Gasteiger charge is 2.62. The largest absolute Gasteiger partial charge is 0.444 e. The summed E-state index contributed by atoms with van der Waals surface area (Å²) in [6.45, 7) is 9.82. The highest BCUT2D eigenvalue weighted by atomic mass is 16.6. The third-order valence-corrected chi connectivity index (χ3v) is 4.41. The van der Waals surface area contributed by atoms with Gasteiger partial charge in [-0.25, -0.2) is 4.79 Å². The van der Waals surface area contributed by atoms with E-state index >= 15 is 0 Å². The summed E-state index contributed by atoms with van der Waals surface area (Å²) in [6.07, 6.45) is 2.81. The zero-order chi connectivity index (χ0) is 14.4. The van der Waals surface area contributed by atoms with Crippen molar-refractivity contribution in [1.82, 2.24) is 4.90 Å². The smallest absolute Gasteiger partial charge is 0.411 e. The van der Waals surface area contributed by atoms with Crippen LogP contribution in [0.4, 0.5) is 4.79 Å². The Hall–Kier alpha value is -0.770. The molecule has 3 rings (SSSR count). The van der Waals surface area contributed by atoms with Gasteiger partial charge in [0.05, 0.1) is 11.6 Å². The number of hydrogen-bond acceptors (Lipinski definition) is 3. The van der Waals surface area contributed by atoms with Crippen molar-refractivity contribution in [2.24, 2.45) is 5.92 Å². The van der Waals surface area contributed by atoms with E-state index in [2.05, 4.69) is 6.92 Å². The molecule has 4 nitrogen and oxygen atoms in total. The van der Waals surface area contributed by atoms with Gasteiger partial charge in [-0.1, -0.05) is 13.8 Å².